The molecule has 26 heavy (non-hydrogen) atoms. The van der Waals surface area contributed by atoms with E-state index in [-0.39, 0.29) is 0 Å². The van der Waals surface area contributed by atoms with Gasteiger partial charge in [0.25, 0.3) is 0 Å². The Hall–Kier alpha value is -3.67. The molecule has 0 bridgehead atoms. The minimum Gasteiger partial charge on any atom is -0.357 e. The average molecular weight is 340 g/mol. The van der Waals surface area contributed by atoms with Crippen LogP contribution in [0.25, 0.3) is 33.3 Å². The number of aromatic nitrogens is 5. The van der Waals surface area contributed by atoms with E-state index >= 15 is 0 Å². The molecule has 5 aromatic rings. The maximum atomic E-state index is 4.77. The summed E-state index contributed by atoms with van der Waals surface area (Å²) in [5.74, 6) is 1.45. The van der Waals surface area contributed by atoms with Crippen molar-refractivity contribution in [1.82, 2.24) is 25.1 Å². The van der Waals surface area contributed by atoms with Gasteiger partial charge in [0.15, 0.2) is 11.6 Å². The number of benzene rings is 2. The van der Waals surface area contributed by atoms with Gasteiger partial charge in [-0.05, 0) is 37.3 Å². The van der Waals surface area contributed by atoms with Gasteiger partial charge >= 0.3 is 0 Å². The van der Waals surface area contributed by atoms with Gasteiger partial charge in [-0.15, -0.1) is 0 Å². The maximum Gasteiger partial charge on any atom is 0.162 e. The molecule has 0 saturated heterocycles. The largest absolute Gasteiger partial charge is 0.357 e. The number of rotatable bonds is 3. The quantitative estimate of drug-likeness (QED) is 0.450. The van der Waals surface area contributed by atoms with Crippen LogP contribution in [0.3, 0.4) is 0 Å². The van der Waals surface area contributed by atoms with Crippen LogP contribution in [0.2, 0.25) is 0 Å². The molecular formula is C20H16N6. The second-order valence-electron chi connectivity index (χ2n) is 6.30. The molecule has 3 aromatic heterocycles. The third-order valence-electron chi connectivity index (χ3n) is 4.39. The molecule has 0 unspecified atom stereocenters. The molecule has 0 radical (unpaired) electrons. The van der Waals surface area contributed by atoms with Crippen molar-refractivity contribution in [3.63, 3.8) is 0 Å². The number of nitrogens with zero attached hydrogens (tertiary/aromatic N) is 3. The van der Waals surface area contributed by atoms with E-state index in [4.69, 9.17) is 9.97 Å². The Balaban J connectivity index is 1.62. The van der Waals surface area contributed by atoms with Crippen molar-refractivity contribution in [2.24, 2.45) is 0 Å². The second-order valence-corrected chi connectivity index (χ2v) is 6.30. The van der Waals surface area contributed by atoms with Crippen LogP contribution in [0.4, 0.5) is 11.5 Å². The lowest BCUT2D eigenvalue weighted by atomic mass is 10.1. The SMILES string of the molecule is Cc1cccc(-c2nc(Nc3ccc4[nH]ncc4c3)c3[nH]ccc3n2)c1. The standard InChI is InChI=1S/C20H16N6/c1-12-3-2-4-13(9-12)19-24-17-7-8-21-18(17)20(25-19)23-15-5-6-16-14(10-15)11-22-26-16/h2-11,21H,1H3,(H,22,26)(H,23,24,25). The van der Waals surface area contributed by atoms with Gasteiger partial charge in [0.1, 0.15) is 5.52 Å². The van der Waals surface area contributed by atoms with E-state index in [1.54, 1.807) is 0 Å². The number of anilines is 2. The Morgan fingerprint density at radius 3 is 2.88 bits per heavy atom. The molecule has 5 rings (SSSR count). The summed E-state index contributed by atoms with van der Waals surface area (Å²) in [5.41, 5.74) is 5.89. The maximum absolute atomic E-state index is 4.77. The number of hydrogen-bond donors (Lipinski definition) is 3. The fourth-order valence-corrected chi connectivity index (χ4v) is 3.11. The molecule has 0 fully saturated rings. The van der Waals surface area contributed by atoms with Crippen LogP contribution < -0.4 is 5.32 Å². The zero-order valence-electron chi connectivity index (χ0n) is 14.1. The first-order valence-electron chi connectivity index (χ1n) is 8.38. The molecule has 3 heterocycles. The fraction of sp³-hybridized carbons (Fsp3) is 0.0500. The van der Waals surface area contributed by atoms with E-state index in [9.17, 15) is 0 Å². The molecule has 0 spiro atoms. The molecule has 0 saturated carbocycles. The van der Waals surface area contributed by atoms with Crippen LogP contribution in [0.5, 0.6) is 0 Å². The van der Waals surface area contributed by atoms with Crippen LogP contribution in [-0.2, 0) is 0 Å². The number of hydrogen-bond acceptors (Lipinski definition) is 4. The summed E-state index contributed by atoms with van der Waals surface area (Å²) in [4.78, 5) is 12.7. The number of aromatic amines is 2. The average Bonchev–Trinajstić information content (AvgIpc) is 3.30. The Bertz CT molecular complexity index is 1230. The molecule has 0 amide bonds. The van der Waals surface area contributed by atoms with Crippen molar-refractivity contribution >= 4 is 33.4 Å². The van der Waals surface area contributed by atoms with Crippen molar-refractivity contribution in [3.05, 3.63) is 66.5 Å². The highest BCUT2D eigenvalue weighted by molar-refractivity contribution is 5.91. The fourth-order valence-electron chi connectivity index (χ4n) is 3.11. The first-order valence-corrected chi connectivity index (χ1v) is 8.38. The molecular weight excluding hydrogens is 324 g/mol. The Morgan fingerprint density at radius 2 is 1.96 bits per heavy atom. The van der Waals surface area contributed by atoms with Crippen LogP contribution in [0, 0.1) is 6.92 Å². The van der Waals surface area contributed by atoms with Crippen LogP contribution in [-0.4, -0.2) is 25.1 Å². The molecule has 0 aliphatic heterocycles. The number of aryl methyl sites for hydroxylation is 1. The molecule has 2 aromatic carbocycles. The first-order chi connectivity index (χ1) is 12.8. The minimum absolute atomic E-state index is 0.702. The lowest BCUT2D eigenvalue weighted by Crippen LogP contribution is -1.99. The number of H-pyrrole nitrogens is 2. The molecule has 0 aliphatic carbocycles. The highest BCUT2D eigenvalue weighted by Gasteiger charge is 2.11. The summed E-state index contributed by atoms with van der Waals surface area (Å²) in [5, 5.41) is 11.5. The van der Waals surface area contributed by atoms with E-state index in [0.717, 1.165) is 39.0 Å². The molecule has 6 heteroatoms. The topological polar surface area (TPSA) is 82.3 Å². The van der Waals surface area contributed by atoms with E-state index < -0.39 is 0 Å². The Kier molecular flexibility index (Phi) is 3.21. The number of nitrogens with one attached hydrogen (secondary N) is 3. The van der Waals surface area contributed by atoms with Gasteiger partial charge in [0.2, 0.25) is 0 Å². The van der Waals surface area contributed by atoms with Crippen molar-refractivity contribution in [3.8, 4) is 11.4 Å². The molecule has 126 valence electrons. The van der Waals surface area contributed by atoms with Crippen molar-refractivity contribution in [2.75, 3.05) is 5.32 Å². The van der Waals surface area contributed by atoms with E-state index in [1.807, 2.05) is 48.8 Å². The van der Waals surface area contributed by atoms with Gasteiger partial charge in [-0.2, -0.15) is 5.10 Å². The second kappa shape index (κ2) is 5.70. The first kappa shape index (κ1) is 14.7. The van der Waals surface area contributed by atoms with Gasteiger partial charge in [-0.25, -0.2) is 9.97 Å². The third kappa shape index (κ3) is 2.48. The zero-order chi connectivity index (χ0) is 17.5. The van der Waals surface area contributed by atoms with Gasteiger partial charge in [-0.3, -0.25) is 5.10 Å². The molecule has 3 N–H and O–H groups in total. The normalized spacial score (nSPS) is 11.3. The highest BCUT2D eigenvalue weighted by atomic mass is 15.1. The van der Waals surface area contributed by atoms with Crippen LogP contribution in [0.15, 0.2) is 60.9 Å². The summed E-state index contributed by atoms with van der Waals surface area (Å²) in [6.45, 7) is 2.07. The van der Waals surface area contributed by atoms with Crippen molar-refractivity contribution < 1.29 is 0 Å². The van der Waals surface area contributed by atoms with Crippen LogP contribution >= 0.6 is 0 Å². The molecule has 0 atom stereocenters. The summed E-state index contributed by atoms with van der Waals surface area (Å²) < 4.78 is 0. The van der Waals surface area contributed by atoms with E-state index in [2.05, 4.69) is 39.6 Å². The number of fused-ring (bicyclic) bond motifs is 2. The monoisotopic (exact) mass is 340 g/mol. The highest BCUT2D eigenvalue weighted by Crippen LogP contribution is 2.27. The molecule has 0 aliphatic rings. The summed E-state index contributed by atoms with van der Waals surface area (Å²) in [6.07, 6.45) is 3.69. The van der Waals surface area contributed by atoms with Crippen molar-refractivity contribution in [1.29, 1.82) is 0 Å². The van der Waals surface area contributed by atoms with E-state index in [1.165, 1.54) is 5.56 Å². The molecule has 6 nitrogen and oxygen atoms in total. The summed E-state index contributed by atoms with van der Waals surface area (Å²) in [7, 11) is 0. The van der Waals surface area contributed by atoms with Gasteiger partial charge in [0, 0.05) is 22.8 Å². The van der Waals surface area contributed by atoms with Gasteiger partial charge in [0.05, 0.1) is 17.2 Å². The van der Waals surface area contributed by atoms with Crippen LogP contribution in [0.1, 0.15) is 5.56 Å². The van der Waals surface area contributed by atoms with E-state index in [0.29, 0.717) is 5.82 Å². The lowest BCUT2D eigenvalue weighted by Gasteiger charge is -2.09. The predicted octanol–water partition coefficient (Wildman–Crippen LogP) is 4.55. The predicted molar refractivity (Wildman–Crippen MR) is 103 cm³/mol. The Labute approximate surface area is 149 Å². The Morgan fingerprint density at radius 1 is 1.00 bits per heavy atom. The van der Waals surface area contributed by atoms with Crippen molar-refractivity contribution in [2.45, 2.75) is 6.92 Å². The smallest absolute Gasteiger partial charge is 0.162 e. The van der Waals surface area contributed by atoms with Gasteiger partial charge in [-0.1, -0.05) is 23.8 Å². The van der Waals surface area contributed by atoms with Gasteiger partial charge < -0.3 is 10.3 Å². The third-order valence-corrected chi connectivity index (χ3v) is 4.39. The summed E-state index contributed by atoms with van der Waals surface area (Å²) in [6, 6.07) is 16.2. The minimum atomic E-state index is 0.702. The zero-order valence-corrected chi connectivity index (χ0v) is 14.1. The lowest BCUT2D eigenvalue weighted by molar-refractivity contribution is 1.12. The summed E-state index contributed by atoms with van der Waals surface area (Å²) >= 11 is 0.